The number of nitrogens with two attached hydrogens (primary N) is 1. The minimum Gasteiger partial charge on any atom is -0.397 e. The van der Waals surface area contributed by atoms with Crippen molar-refractivity contribution < 1.29 is 13.5 Å². The summed E-state index contributed by atoms with van der Waals surface area (Å²) in [6.07, 6.45) is 0.339. The lowest BCUT2D eigenvalue weighted by Gasteiger charge is -2.30. The Morgan fingerprint density at radius 3 is 2.45 bits per heavy atom. The predicted octanol–water partition coefficient (Wildman–Crippen LogP) is 2.00. The molecule has 0 fully saturated rings. The highest BCUT2D eigenvalue weighted by Crippen LogP contribution is 2.26. The van der Waals surface area contributed by atoms with Gasteiger partial charge in [0, 0.05) is 12.6 Å². The lowest BCUT2D eigenvalue weighted by molar-refractivity contribution is 0.214. The zero-order chi connectivity index (χ0) is 15.6. The van der Waals surface area contributed by atoms with Crippen LogP contribution in [0.3, 0.4) is 0 Å². The molecule has 1 aromatic rings. The predicted molar refractivity (Wildman–Crippen MR) is 81.1 cm³/mol. The van der Waals surface area contributed by atoms with Crippen LogP contribution < -0.4 is 10.5 Å². The van der Waals surface area contributed by atoms with Crippen LogP contribution in [0, 0.1) is 5.41 Å². The summed E-state index contributed by atoms with van der Waals surface area (Å²) < 4.78 is 27.3. The van der Waals surface area contributed by atoms with Crippen LogP contribution in [0.15, 0.2) is 23.1 Å². The molecule has 0 aliphatic rings. The summed E-state index contributed by atoms with van der Waals surface area (Å²) in [6, 6.07) is 3.79. The van der Waals surface area contributed by atoms with Gasteiger partial charge in [-0.25, -0.2) is 13.1 Å². The van der Waals surface area contributed by atoms with Crippen LogP contribution in [0.5, 0.6) is 0 Å². The van der Waals surface area contributed by atoms with E-state index in [1.807, 2.05) is 20.8 Å². The summed E-state index contributed by atoms with van der Waals surface area (Å²) in [5.74, 6) is 0. The van der Waals surface area contributed by atoms with Gasteiger partial charge in [-0.05, 0) is 30.0 Å². The van der Waals surface area contributed by atoms with Gasteiger partial charge in [0.15, 0.2) is 0 Å². The molecule has 114 valence electrons. The van der Waals surface area contributed by atoms with Crippen LogP contribution in [0.4, 0.5) is 5.69 Å². The van der Waals surface area contributed by atoms with Crippen molar-refractivity contribution >= 4 is 27.3 Å². The normalized spacial score (nSPS) is 14.2. The lowest BCUT2D eigenvalue weighted by Crippen LogP contribution is -2.44. The molecule has 0 aliphatic heterocycles. The number of aliphatic hydroxyl groups excluding tert-OH is 1. The highest BCUT2D eigenvalue weighted by atomic mass is 35.5. The second-order valence-corrected chi connectivity index (χ2v) is 7.86. The first-order chi connectivity index (χ1) is 9.08. The molecule has 0 bridgehead atoms. The molecule has 0 amide bonds. The molecule has 0 saturated heterocycles. The fraction of sp³-hybridized carbons (Fsp3) is 0.538. The van der Waals surface area contributed by atoms with Gasteiger partial charge in [-0.3, -0.25) is 0 Å². The zero-order valence-electron chi connectivity index (χ0n) is 11.9. The van der Waals surface area contributed by atoms with Crippen LogP contribution in [0.25, 0.3) is 0 Å². The Bertz CT molecular complexity index is 567. The van der Waals surface area contributed by atoms with Crippen molar-refractivity contribution in [3.8, 4) is 0 Å². The van der Waals surface area contributed by atoms with E-state index < -0.39 is 10.0 Å². The molecule has 5 nitrogen and oxygen atoms in total. The van der Waals surface area contributed by atoms with Crippen LogP contribution in [0.2, 0.25) is 5.02 Å². The third-order valence-electron chi connectivity index (χ3n) is 3.04. The standard InChI is InChI=1S/C13H21ClN2O3S/c1-13(2,3)12(6-7-17)16-20(18,19)9-4-5-10(14)11(15)8-9/h4-5,8,12,16-17H,6-7,15H2,1-3H3. The summed E-state index contributed by atoms with van der Waals surface area (Å²) in [4.78, 5) is 0.0617. The van der Waals surface area contributed by atoms with Crippen LogP contribution in [-0.2, 0) is 10.0 Å². The Morgan fingerprint density at radius 2 is 2.00 bits per heavy atom. The molecule has 1 aromatic carbocycles. The largest absolute Gasteiger partial charge is 0.397 e. The quantitative estimate of drug-likeness (QED) is 0.723. The van der Waals surface area contributed by atoms with E-state index in [2.05, 4.69) is 4.72 Å². The van der Waals surface area contributed by atoms with Gasteiger partial charge in [0.1, 0.15) is 0 Å². The summed E-state index contributed by atoms with van der Waals surface area (Å²) >= 11 is 5.79. The third kappa shape index (κ3) is 4.34. The summed E-state index contributed by atoms with van der Waals surface area (Å²) in [5, 5.41) is 9.39. The molecule has 0 aliphatic carbocycles. The van der Waals surface area contributed by atoms with E-state index in [4.69, 9.17) is 22.4 Å². The van der Waals surface area contributed by atoms with Gasteiger partial charge < -0.3 is 10.8 Å². The molecule has 0 spiro atoms. The van der Waals surface area contributed by atoms with Gasteiger partial charge in [-0.1, -0.05) is 32.4 Å². The summed E-state index contributed by atoms with van der Waals surface area (Å²) in [6.45, 7) is 5.64. The number of hydrogen-bond acceptors (Lipinski definition) is 4. The monoisotopic (exact) mass is 320 g/mol. The molecule has 1 unspecified atom stereocenters. The van der Waals surface area contributed by atoms with E-state index >= 15 is 0 Å². The molecule has 0 saturated carbocycles. The molecule has 0 heterocycles. The van der Waals surface area contributed by atoms with Gasteiger partial charge in [-0.2, -0.15) is 0 Å². The van der Waals surface area contributed by atoms with Crippen molar-refractivity contribution in [1.82, 2.24) is 4.72 Å². The first-order valence-electron chi connectivity index (χ1n) is 6.26. The van der Waals surface area contributed by atoms with Crippen LogP contribution in [-0.4, -0.2) is 26.2 Å². The molecule has 0 aromatic heterocycles. The molecule has 1 rings (SSSR count). The average molecular weight is 321 g/mol. The topological polar surface area (TPSA) is 92.4 Å². The van der Waals surface area contributed by atoms with Gasteiger partial charge >= 0.3 is 0 Å². The number of anilines is 1. The fourth-order valence-corrected chi connectivity index (χ4v) is 3.37. The summed E-state index contributed by atoms with van der Waals surface area (Å²) in [7, 11) is -3.70. The molecule has 4 N–H and O–H groups in total. The number of nitrogen functional groups attached to an aromatic ring is 1. The number of hydrogen-bond donors (Lipinski definition) is 3. The van der Waals surface area contributed by atoms with Crippen molar-refractivity contribution in [1.29, 1.82) is 0 Å². The molecule has 0 radical (unpaired) electrons. The van der Waals surface area contributed by atoms with E-state index in [1.54, 1.807) is 0 Å². The Morgan fingerprint density at radius 1 is 1.40 bits per heavy atom. The van der Waals surface area contributed by atoms with Crippen molar-refractivity contribution in [3.05, 3.63) is 23.2 Å². The van der Waals surface area contributed by atoms with Crippen molar-refractivity contribution in [3.63, 3.8) is 0 Å². The molecule has 20 heavy (non-hydrogen) atoms. The highest BCUT2D eigenvalue weighted by Gasteiger charge is 2.29. The maximum atomic E-state index is 12.3. The Labute approximate surface area is 125 Å². The van der Waals surface area contributed by atoms with Crippen molar-refractivity contribution in [2.24, 2.45) is 5.41 Å². The SMILES string of the molecule is CC(C)(C)C(CCO)NS(=O)(=O)c1ccc(Cl)c(N)c1. The maximum Gasteiger partial charge on any atom is 0.240 e. The first-order valence-corrected chi connectivity index (χ1v) is 8.12. The average Bonchev–Trinajstić information content (AvgIpc) is 2.30. The summed E-state index contributed by atoms with van der Waals surface area (Å²) in [5.41, 5.74) is 5.53. The number of sulfonamides is 1. The Balaban J connectivity index is 3.06. The molecular formula is C13H21ClN2O3S. The lowest BCUT2D eigenvalue weighted by atomic mass is 9.86. The van der Waals surface area contributed by atoms with Crippen molar-refractivity contribution in [2.75, 3.05) is 12.3 Å². The number of halogens is 1. The van der Waals surface area contributed by atoms with Gasteiger partial charge in [0.2, 0.25) is 10.0 Å². The maximum absolute atomic E-state index is 12.3. The van der Waals surface area contributed by atoms with E-state index in [0.717, 1.165) is 0 Å². The van der Waals surface area contributed by atoms with E-state index in [9.17, 15) is 8.42 Å². The van der Waals surface area contributed by atoms with E-state index in [-0.39, 0.29) is 28.6 Å². The fourth-order valence-electron chi connectivity index (χ4n) is 1.74. The van der Waals surface area contributed by atoms with Crippen molar-refractivity contribution in [2.45, 2.75) is 38.1 Å². The molecule has 7 heteroatoms. The number of benzene rings is 1. The Hall–Kier alpha value is -0.820. The number of nitrogens with one attached hydrogen (secondary N) is 1. The zero-order valence-corrected chi connectivity index (χ0v) is 13.4. The third-order valence-corrected chi connectivity index (χ3v) is 4.85. The van der Waals surface area contributed by atoms with Gasteiger partial charge in [0.25, 0.3) is 0 Å². The number of aliphatic hydroxyl groups is 1. The Kier molecular flexibility index (Phi) is 5.43. The minimum absolute atomic E-state index is 0.0617. The van der Waals surface area contributed by atoms with E-state index in [1.165, 1.54) is 18.2 Å². The minimum atomic E-state index is -3.70. The van der Waals surface area contributed by atoms with E-state index in [0.29, 0.717) is 11.4 Å². The second-order valence-electron chi connectivity index (χ2n) is 5.74. The van der Waals surface area contributed by atoms with Gasteiger partial charge in [0.05, 0.1) is 15.6 Å². The smallest absolute Gasteiger partial charge is 0.240 e. The molecule has 1 atom stereocenters. The second kappa shape index (κ2) is 6.30. The van der Waals surface area contributed by atoms with Crippen LogP contribution >= 0.6 is 11.6 Å². The number of rotatable bonds is 5. The first kappa shape index (κ1) is 17.2. The molecular weight excluding hydrogens is 300 g/mol. The highest BCUT2D eigenvalue weighted by molar-refractivity contribution is 7.89. The van der Waals surface area contributed by atoms with Crippen LogP contribution in [0.1, 0.15) is 27.2 Å². The van der Waals surface area contributed by atoms with Gasteiger partial charge in [-0.15, -0.1) is 0 Å².